The quantitative estimate of drug-likeness (QED) is 0.265. The number of nitrogens with zero attached hydrogens (tertiary/aromatic N) is 3. The third kappa shape index (κ3) is 6.31. The second kappa shape index (κ2) is 11.3. The summed E-state index contributed by atoms with van der Waals surface area (Å²) in [5, 5.41) is 15.4. The standard InChI is InChI=1S/C24H20N4O4S.ClH/c1-27-20(15-23(29)25-17-7-11-19(12-8-17)28(30)31)16-33-24(27)26-18-9-13-22(14-10-18)32-21-5-3-2-4-6-21;/h2-14,16H,15H2,1H3,(H,25,29);1H/b26-24-;. The minimum atomic E-state index is -0.480. The molecule has 1 amide bonds. The second-order valence-electron chi connectivity index (χ2n) is 7.12. The van der Waals surface area contributed by atoms with Crippen LogP contribution in [0.25, 0.3) is 0 Å². The Labute approximate surface area is 205 Å². The third-order valence-electron chi connectivity index (χ3n) is 4.76. The number of carbonyl (C=O) groups is 1. The van der Waals surface area contributed by atoms with Crippen molar-refractivity contribution >= 4 is 46.7 Å². The SMILES string of the molecule is Cl.Cn1c(CC(=O)Nc2ccc([N+](=O)[O-])cc2)cs/c1=N\c1ccc(Oc2ccccc2)cc1. The first-order valence-corrected chi connectivity index (χ1v) is 10.9. The molecule has 0 saturated carbocycles. The van der Waals surface area contributed by atoms with Crippen LogP contribution in [0.5, 0.6) is 11.5 Å². The lowest BCUT2D eigenvalue weighted by atomic mass is 10.2. The molecule has 1 heterocycles. The van der Waals surface area contributed by atoms with Crippen LogP contribution in [0.1, 0.15) is 5.69 Å². The van der Waals surface area contributed by atoms with Crippen molar-refractivity contribution in [3.63, 3.8) is 0 Å². The highest BCUT2D eigenvalue weighted by molar-refractivity contribution is 7.07. The normalized spacial score (nSPS) is 10.9. The molecule has 4 aromatic rings. The number of nitrogens with one attached hydrogen (secondary N) is 1. The topological polar surface area (TPSA) is 98.8 Å². The number of nitro benzene ring substituents is 1. The van der Waals surface area contributed by atoms with E-state index in [2.05, 4.69) is 10.3 Å². The van der Waals surface area contributed by atoms with Crippen LogP contribution in [-0.4, -0.2) is 15.4 Å². The summed E-state index contributed by atoms with van der Waals surface area (Å²) in [6.07, 6.45) is 0.156. The number of non-ortho nitro benzene ring substituents is 1. The van der Waals surface area contributed by atoms with Gasteiger partial charge >= 0.3 is 0 Å². The van der Waals surface area contributed by atoms with Crippen molar-refractivity contribution in [2.24, 2.45) is 12.0 Å². The van der Waals surface area contributed by atoms with Gasteiger partial charge < -0.3 is 14.6 Å². The van der Waals surface area contributed by atoms with Gasteiger partial charge in [0, 0.05) is 35.9 Å². The minimum Gasteiger partial charge on any atom is -0.457 e. The lowest BCUT2D eigenvalue weighted by molar-refractivity contribution is -0.384. The van der Waals surface area contributed by atoms with E-state index in [9.17, 15) is 14.9 Å². The number of aromatic nitrogens is 1. The fourth-order valence-corrected chi connectivity index (χ4v) is 3.94. The van der Waals surface area contributed by atoms with Crippen LogP contribution in [-0.2, 0) is 18.3 Å². The number of amides is 1. The highest BCUT2D eigenvalue weighted by Gasteiger charge is 2.10. The molecule has 0 aliphatic carbocycles. The molecule has 0 radical (unpaired) electrons. The predicted molar refractivity (Wildman–Crippen MR) is 134 cm³/mol. The van der Waals surface area contributed by atoms with Crippen LogP contribution in [0.15, 0.2) is 89.2 Å². The van der Waals surface area contributed by atoms with Crippen LogP contribution in [0.4, 0.5) is 17.1 Å². The van der Waals surface area contributed by atoms with Crippen molar-refractivity contribution in [1.29, 1.82) is 0 Å². The van der Waals surface area contributed by atoms with E-state index in [4.69, 9.17) is 4.74 Å². The highest BCUT2D eigenvalue weighted by Crippen LogP contribution is 2.23. The lowest BCUT2D eigenvalue weighted by Crippen LogP contribution is -2.19. The maximum absolute atomic E-state index is 12.4. The molecule has 0 fully saturated rings. The van der Waals surface area contributed by atoms with Crippen LogP contribution in [0.2, 0.25) is 0 Å². The number of benzene rings is 3. The molecule has 174 valence electrons. The molecule has 1 N–H and O–H groups in total. The number of hydrogen-bond donors (Lipinski definition) is 1. The summed E-state index contributed by atoms with van der Waals surface area (Å²) in [6, 6.07) is 22.7. The van der Waals surface area contributed by atoms with Gasteiger partial charge in [-0.05, 0) is 48.5 Å². The van der Waals surface area contributed by atoms with E-state index in [0.29, 0.717) is 5.69 Å². The number of anilines is 1. The van der Waals surface area contributed by atoms with E-state index in [1.54, 1.807) is 0 Å². The van der Waals surface area contributed by atoms with Gasteiger partial charge in [0.05, 0.1) is 17.0 Å². The molecule has 0 bridgehead atoms. The van der Waals surface area contributed by atoms with Gasteiger partial charge in [-0.2, -0.15) is 0 Å². The van der Waals surface area contributed by atoms with Crippen molar-refractivity contribution < 1.29 is 14.5 Å². The maximum Gasteiger partial charge on any atom is 0.269 e. The van der Waals surface area contributed by atoms with Crippen molar-refractivity contribution in [2.75, 3.05) is 5.32 Å². The van der Waals surface area contributed by atoms with E-state index in [1.807, 2.05) is 71.6 Å². The first kappa shape index (κ1) is 24.7. The Morgan fingerprint density at radius 2 is 1.68 bits per heavy atom. The summed E-state index contributed by atoms with van der Waals surface area (Å²) >= 11 is 1.44. The average molecular weight is 497 g/mol. The summed E-state index contributed by atoms with van der Waals surface area (Å²) in [7, 11) is 1.86. The molecule has 0 aliphatic rings. The Bertz CT molecular complexity index is 1330. The van der Waals surface area contributed by atoms with E-state index in [0.717, 1.165) is 27.7 Å². The summed E-state index contributed by atoms with van der Waals surface area (Å²) in [5.41, 5.74) is 2.06. The zero-order valence-electron chi connectivity index (χ0n) is 18.1. The number of hydrogen-bond acceptors (Lipinski definition) is 6. The smallest absolute Gasteiger partial charge is 0.269 e. The molecule has 34 heavy (non-hydrogen) atoms. The number of rotatable bonds is 7. The molecule has 8 nitrogen and oxygen atoms in total. The van der Waals surface area contributed by atoms with Gasteiger partial charge in [0.15, 0.2) is 4.80 Å². The Hall–Kier alpha value is -3.95. The number of nitro groups is 1. The Balaban J connectivity index is 0.00000324. The first-order chi connectivity index (χ1) is 16.0. The van der Waals surface area contributed by atoms with E-state index >= 15 is 0 Å². The van der Waals surface area contributed by atoms with Crippen LogP contribution in [0, 0.1) is 10.1 Å². The summed E-state index contributed by atoms with van der Waals surface area (Å²) in [5.74, 6) is 1.27. The van der Waals surface area contributed by atoms with E-state index < -0.39 is 4.92 Å². The van der Waals surface area contributed by atoms with E-state index in [-0.39, 0.29) is 30.4 Å². The molecule has 0 unspecified atom stereocenters. The summed E-state index contributed by atoms with van der Waals surface area (Å²) < 4.78 is 7.67. The Kier molecular flexibility index (Phi) is 8.18. The molecule has 0 spiro atoms. The van der Waals surface area contributed by atoms with Gasteiger partial charge in [-0.15, -0.1) is 23.7 Å². The second-order valence-corrected chi connectivity index (χ2v) is 7.95. The highest BCUT2D eigenvalue weighted by atomic mass is 35.5. The Morgan fingerprint density at radius 3 is 2.32 bits per heavy atom. The zero-order chi connectivity index (χ0) is 23.2. The van der Waals surface area contributed by atoms with Gasteiger partial charge in [-0.25, -0.2) is 4.99 Å². The first-order valence-electron chi connectivity index (χ1n) is 10.0. The fraction of sp³-hybridized carbons (Fsp3) is 0.0833. The predicted octanol–water partition coefficient (Wildman–Crippen LogP) is 5.62. The van der Waals surface area contributed by atoms with Gasteiger partial charge in [-0.3, -0.25) is 14.9 Å². The maximum atomic E-state index is 12.4. The lowest BCUT2D eigenvalue weighted by Gasteiger charge is -2.06. The molecule has 0 aliphatic heterocycles. The number of ether oxygens (including phenoxy) is 1. The zero-order valence-corrected chi connectivity index (χ0v) is 19.7. The van der Waals surface area contributed by atoms with Crippen molar-refractivity contribution in [1.82, 2.24) is 4.57 Å². The van der Waals surface area contributed by atoms with Crippen LogP contribution >= 0.6 is 23.7 Å². The van der Waals surface area contributed by atoms with Gasteiger partial charge in [0.25, 0.3) is 5.69 Å². The van der Waals surface area contributed by atoms with Gasteiger partial charge in [-0.1, -0.05) is 18.2 Å². The van der Waals surface area contributed by atoms with Crippen molar-refractivity contribution in [3.8, 4) is 11.5 Å². The molecule has 3 aromatic carbocycles. The number of halogens is 1. The van der Waals surface area contributed by atoms with Crippen molar-refractivity contribution in [2.45, 2.75) is 6.42 Å². The summed E-state index contributed by atoms with van der Waals surface area (Å²) in [4.78, 5) is 28.1. The largest absolute Gasteiger partial charge is 0.457 e. The Morgan fingerprint density at radius 1 is 1.03 bits per heavy atom. The summed E-state index contributed by atoms with van der Waals surface area (Å²) in [6.45, 7) is 0. The molecule has 0 saturated heterocycles. The molecular weight excluding hydrogens is 476 g/mol. The molecule has 0 atom stereocenters. The van der Waals surface area contributed by atoms with Crippen molar-refractivity contribution in [3.05, 3.63) is 105 Å². The molecular formula is C24H21ClN4O4S. The van der Waals surface area contributed by atoms with Gasteiger partial charge in [0.1, 0.15) is 11.5 Å². The molecule has 4 rings (SSSR count). The monoisotopic (exact) mass is 496 g/mol. The third-order valence-corrected chi connectivity index (χ3v) is 5.73. The molecule has 1 aromatic heterocycles. The van der Waals surface area contributed by atoms with Crippen LogP contribution < -0.4 is 14.9 Å². The minimum absolute atomic E-state index is 0. The molecule has 10 heteroatoms. The van der Waals surface area contributed by atoms with Crippen LogP contribution in [0.3, 0.4) is 0 Å². The number of thiazole rings is 1. The van der Waals surface area contributed by atoms with Gasteiger partial charge in [0.2, 0.25) is 5.91 Å². The number of carbonyl (C=O) groups excluding carboxylic acids is 1. The van der Waals surface area contributed by atoms with E-state index in [1.165, 1.54) is 35.6 Å². The average Bonchev–Trinajstić information content (AvgIpc) is 3.15. The fourth-order valence-electron chi connectivity index (χ4n) is 3.02. The number of para-hydroxylation sites is 1.